The molecule has 1 aliphatic carbocycles. The summed E-state index contributed by atoms with van der Waals surface area (Å²) in [5.74, 6) is 4.18. The van der Waals surface area contributed by atoms with Crippen LogP contribution >= 0.6 is 0 Å². The molecule has 6 aromatic rings. The maximum Gasteiger partial charge on any atom is 0.137 e. The number of hydrogen-bond donors (Lipinski definition) is 0. The molecule has 0 N–H and O–H groups in total. The van der Waals surface area contributed by atoms with Crippen LogP contribution in [0.2, 0.25) is 0 Å². The van der Waals surface area contributed by atoms with Crippen molar-refractivity contribution in [2.24, 2.45) is 22.7 Å². The molecule has 3 aromatic carbocycles. The smallest absolute Gasteiger partial charge is 0.137 e. The average Bonchev–Trinajstić information content (AvgIpc) is 3.59. The summed E-state index contributed by atoms with van der Waals surface area (Å²) in [5, 5.41) is 7.68. The normalized spacial score (nSPS) is 18.4. The van der Waals surface area contributed by atoms with Crippen LogP contribution in [0, 0.1) is 36.5 Å². The number of benzene rings is 3. The summed E-state index contributed by atoms with van der Waals surface area (Å²) in [7, 11) is 0. The molecule has 0 amide bonds. The van der Waals surface area contributed by atoms with Gasteiger partial charge in [-0.05, 0) is 108 Å². The summed E-state index contributed by atoms with van der Waals surface area (Å²) < 4.78 is 11.3. The predicted molar refractivity (Wildman–Crippen MR) is 231 cm³/mol. The second-order valence-corrected chi connectivity index (χ2v) is 19.7. The molecule has 3 atom stereocenters. The number of aromatic nitrogens is 4. The number of hydrogen-bond acceptors (Lipinski definition) is 3. The number of fused-ring (bicyclic) bond motifs is 3. The Hall–Kier alpha value is -4.64. The Labute approximate surface area is 329 Å². The van der Waals surface area contributed by atoms with Crippen LogP contribution in [0.1, 0.15) is 129 Å². The van der Waals surface area contributed by atoms with E-state index < -0.39 is 0 Å². The van der Waals surface area contributed by atoms with Gasteiger partial charge in [0.15, 0.2) is 0 Å². The third-order valence-electron chi connectivity index (χ3n) is 12.0. The van der Waals surface area contributed by atoms with E-state index in [1.165, 1.54) is 39.6 Å². The average molecular weight is 735 g/mol. The molecule has 1 unspecified atom stereocenters. The van der Waals surface area contributed by atoms with Crippen LogP contribution < -0.4 is 4.74 Å². The van der Waals surface area contributed by atoms with Crippen molar-refractivity contribution in [3.63, 3.8) is 0 Å². The molecule has 0 radical (unpaired) electrons. The SMILES string of the molecule is Cc1nn(-c2cc(Oc3ccc4c5ccccc5n(-c5cc(C(C)(C)C)ccn5)c4c3)cc(C(C)C)c2)c(C)c1C1C(C(C)(C)C)=C[C@H](C)C[C@@H]1C(C)(C)C. The van der Waals surface area contributed by atoms with Gasteiger partial charge in [-0.1, -0.05) is 113 Å². The van der Waals surface area contributed by atoms with Gasteiger partial charge in [0.25, 0.3) is 0 Å². The molecule has 5 heteroatoms. The van der Waals surface area contributed by atoms with Gasteiger partial charge in [0, 0.05) is 46.3 Å². The number of ether oxygens (including phenoxy) is 1. The molecule has 0 bridgehead atoms. The van der Waals surface area contributed by atoms with Crippen molar-refractivity contribution in [2.45, 2.75) is 121 Å². The Balaban J connectivity index is 1.34. The Morgan fingerprint density at radius 3 is 2.15 bits per heavy atom. The van der Waals surface area contributed by atoms with Crippen molar-refractivity contribution in [1.29, 1.82) is 0 Å². The zero-order valence-corrected chi connectivity index (χ0v) is 35.8. The van der Waals surface area contributed by atoms with Crippen molar-refractivity contribution in [1.82, 2.24) is 19.3 Å². The van der Waals surface area contributed by atoms with Gasteiger partial charge >= 0.3 is 0 Å². The van der Waals surface area contributed by atoms with Gasteiger partial charge in [0.1, 0.15) is 17.3 Å². The fraction of sp³-hybridized carbons (Fsp3) is 0.440. The minimum absolute atomic E-state index is 0.00491. The highest BCUT2D eigenvalue weighted by molar-refractivity contribution is 6.09. The minimum Gasteiger partial charge on any atom is -0.457 e. The first-order valence-electron chi connectivity index (χ1n) is 20.3. The minimum atomic E-state index is 0.00491. The van der Waals surface area contributed by atoms with E-state index in [1.807, 2.05) is 6.20 Å². The van der Waals surface area contributed by atoms with Crippen LogP contribution in [-0.2, 0) is 5.41 Å². The van der Waals surface area contributed by atoms with Crippen LogP contribution in [0.3, 0.4) is 0 Å². The third-order valence-corrected chi connectivity index (χ3v) is 12.0. The van der Waals surface area contributed by atoms with E-state index in [4.69, 9.17) is 14.8 Å². The summed E-state index contributed by atoms with van der Waals surface area (Å²) >= 11 is 0. The van der Waals surface area contributed by atoms with Crippen LogP contribution in [0.4, 0.5) is 0 Å². The van der Waals surface area contributed by atoms with Gasteiger partial charge in [-0.25, -0.2) is 9.67 Å². The van der Waals surface area contributed by atoms with E-state index >= 15 is 0 Å². The first-order chi connectivity index (χ1) is 25.7. The number of allylic oxidation sites excluding steroid dienone is 2. The van der Waals surface area contributed by atoms with Gasteiger partial charge in [0.05, 0.1) is 22.4 Å². The topological polar surface area (TPSA) is 44.9 Å². The number of para-hydroxylation sites is 1. The highest BCUT2D eigenvalue weighted by atomic mass is 16.5. The van der Waals surface area contributed by atoms with E-state index in [2.05, 4.69) is 185 Å². The summed E-state index contributed by atoms with van der Waals surface area (Å²) in [6.07, 6.45) is 5.68. The second-order valence-electron chi connectivity index (χ2n) is 19.7. The summed E-state index contributed by atoms with van der Waals surface area (Å²) in [6, 6.07) is 26.0. The molecule has 0 fully saturated rings. The van der Waals surface area contributed by atoms with Crippen molar-refractivity contribution < 1.29 is 4.74 Å². The molecule has 0 saturated heterocycles. The maximum absolute atomic E-state index is 6.85. The molecule has 288 valence electrons. The monoisotopic (exact) mass is 734 g/mol. The standard InChI is InChI=1S/C50H62N4O/c1-30(2)34-25-36(54-33(5)46(32(4)52-54)47-41(49(9,10)11)23-31(3)24-42(47)50(12,13)14)28-38(26-34)55-37-19-20-40-39-17-15-16-18-43(39)53(44(40)29-37)45-27-35(21-22-51-45)48(6,7)8/h15-23,25-31,42,47H,24H2,1-14H3/t31-,42-,47?/m0/s1. The molecule has 1 aliphatic rings. The van der Waals surface area contributed by atoms with Crippen molar-refractivity contribution in [3.05, 3.63) is 119 Å². The predicted octanol–water partition coefficient (Wildman–Crippen LogP) is 14.0. The molecule has 0 aliphatic heterocycles. The van der Waals surface area contributed by atoms with Gasteiger partial charge < -0.3 is 4.74 Å². The first kappa shape index (κ1) is 38.6. The lowest BCUT2D eigenvalue weighted by Gasteiger charge is -2.46. The van der Waals surface area contributed by atoms with Crippen molar-refractivity contribution in [3.8, 4) is 23.0 Å². The third kappa shape index (κ3) is 7.28. The quantitative estimate of drug-likeness (QED) is 0.160. The molecular weight excluding hydrogens is 673 g/mol. The van der Waals surface area contributed by atoms with Crippen LogP contribution in [-0.4, -0.2) is 19.3 Å². The van der Waals surface area contributed by atoms with Gasteiger partial charge in [0.2, 0.25) is 0 Å². The molecule has 3 heterocycles. The molecule has 3 aromatic heterocycles. The van der Waals surface area contributed by atoms with E-state index in [9.17, 15) is 0 Å². The second kappa shape index (κ2) is 13.8. The van der Waals surface area contributed by atoms with E-state index in [-0.39, 0.29) is 16.2 Å². The molecule has 5 nitrogen and oxygen atoms in total. The number of nitrogens with zero attached hydrogens (tertiary/aromatic N) is 4. The molecule has 7 rings (SSSR count). The van der Waals surface area contributed by atoms with Crippen LogP contribution in [0.15, 0.2) is 90.6 Å². The van der Waals surface area contributed by atoms with Gasteiger partial charge in [-0.2, -0.15) is 5.10 Å². The van der Waals surface area contributed by atoms with E-state index in [0.717, 1.165) is 39.7 Å². The number of aryl methyl sites for hydroxylation is 1. The van der Waals surface area contributed by atoms with Crippen molar-refractivity contribution >= 4 is 21.8 Å². The number of rotatable bonds is 6. The van der Waals surface area contributed by atoms with E-state index in [1.54, 1.807) is 5.57 Å². The fourth-order valence-electron chi connectivity index (χ4n) is 9.04. The van der Waals surface area contributed by atoms with E-state index in [0.29, 0.717) is 23.7 Å². The van der Waals surface area contributed by atoms with Crippen molar-refractivity contribution in [2.75, 3.05) is 0 Å². The fourth-order valence-corrected chi connectivity index (χ4v) is 9.04. The Kier molecular flexibility index (Phi) is 9.71. The van der Waals surface area contributed by atoms with Gasteiger partial charge in [-0.15, -0.1) is 0 Å². The van der Waals surface area contributed by atoms with Gasteiger partial charge in [-0.3, -0.25) is 4.57 Å². The number of pyridine rings is 1. The Bertz CT molecular complexity index is 2420. The maximum atomic E-state index is 6.85. The zero-order chi connectivity index (χ0) is 39.8. The Morgan fingerprint density at radius 1 is 0.764 bits per heavy atom. The molecule has 0 saturated carbocycles. The van der Waals surface area contributed by atoms with Crippen LogP contribution in [0.5, 0.6) is 11.5 Å². The highest BCUT2D eigenvalue weighted by Gasteiger charge is 2.44. The summed E-state index contributed by atoms with van der Waals surface area (Å²) in [4.78, 5) is 4.88. The lowest BCUT2D eigenvalue weighted by molar-refractivity contribution is 0.162. The molecule has 0 spiro atoms. The molecular formula is C50H62N4O. The first-order valence-corrected chi connectivity index (χ1v) is 20.3. The Morgan fingerprint density at radius 2 is 1.47 bits per heavy atom. The summed E-state index contributed by atoms with van der Waals surface area (Å²) in [6.45, 7) is 32.5. The zero-order valence-electron chi connectivity index (χ0n) is 35.8. The largest absolute Gasteiger partial charge is 0.457 e. The highest BCUT2D eigenvalue weighted by Crippen LogP contribution is 2.54. The molecule has 55 heavy (non-hydrogen) atoms. The lowest BCUT2D eigenvalue weighted by Crippen LogP contribution is -2.36. The summed E-state index contributed by atoms with van der Waals surface area (Å²) in [5.41, 5.74) is 11.2. The van der Waals surface area contributed by atoms with Crippen LogP contribution in [0.25, 0.3) is 33.3 Å². The lowest BCUT2D eigenvalue weighted by atomic mass is 9.58.